The molecule has 0 aromatic heterocycles. The fraction of sp³-hybridized carbons (Fsp3) is 0.357. The molecular formula is C14H16FNO. The molecule has 0 bridgehead atoms. The summed E-state index contributed by atoms with van der Waals surface area (Å²) in [6.07, 6.45) is 6.44. The van der Waals surface area contributed by atoms with Crippen molar-refractivity contribution in [2.24, 2.45) is 0 Å². The van der Waals surface area contributed by atoms with Gasteiger partial charge in [0.15, 0.2) is 0 Å². The lowest BCUT2D eigenvalue weighted by Gasteiger charge is -2.14. The summed E-state index contributed by atoms with van der Waals surface area (Å²) in [5.74, 6) is 1.85. The molecule has 0 aliphatic carbocycles. The van der Waals surface area contributed by atoms with Gasteiger partial charge in [-0.05, 0) is 31.0 Å². The minimum atomic E-state index is -0.373. The summed E-state index contributed by atoms with van der Waals surface area (Å²) in [6.45, 7) is 3.60. The van der Waals surface area contributed by atoms with E-state index in [4.69, 9.17) is 6.42 Å². The van der Waals surface area contributed by atoms with Crippen molar-refractivity contribution < 1.29 is 9.18 Å². The van der Waals surface area contributed by atoms with Crippen LogP contribution in [0, 0.1) is 25.1 Å². The molecule has 2 nitrogen and oxygen atoms in total. The third-order valence-corrected chi connectivity index (χ3v) is 2.63. The van der Waals surface area contributed by atoms with Gasteiger partial charge in [0.05, 0.1) is 0 Å². The van der Waals surface area contributed by atoms with Crippen molar-refractivity contribution in [3.8, 4) is 12.3 Å². The van der Waals surface area contributed by atoms with E-state index in [0.29, 0.717) is 17.5 Å². The Bertz CT molecular complexity index is 448. The van der Waals surface area contributed by atoms with Crippen LogP contribution in [0.15, 0.2) is 18.2 Å². The summed E-state index contributed by atoms with van der Waals surface area (Å²) >= 11 is 0. The van der Waals surface area contributed by atoms with Crippen molar-refractivity contribution in [2.75, 3.05) is 0 Å². The molecule has 1 unspecified atom stereocenters. The molecule has 3 heteroatoms. The molecule has 1 N–H and O–H groups in total. The number of aryl methyl sites for hydroxylation is 1. The molecule has 1 aromatic rings. The van der Waals surface area contributed by atoms with Crippen molar-refractivity contribution in [1.82, 2.24) is 5.32 Å². The molecule has 17 heavy (non-hydrogen) atoms. The second-order valence-electron chi connectivity index (χ2n) is 3.95. The summed E-state index contributed by atoms with van der Waals surface area (Å²) < 4.78 is 13.3. The Balaban J connectivity index is 2.76. The van der Waals surface area contributed by atoms with E-state index in [0.717, 1.165) is 6.42 Å². The molecule has 0 heterocycles. The van der Waals surface area contributed by atoms with Gasteiger partial charge < -0.3 is 5.32 Å². The van der Waals surface area contributed by atoms with Crippen LogP contribution >= 0.6 is 0 Å². The van der Waals surface area contributed by atoms with Gasteiger partial charge in [-0.1, -0.05) is 13.0 Å². The third kappa shape index (κ3) is 3.60. The van der Waals surface area contributed by atoms with Crippen LogP contribution in [0.3, 0.4) is 0 Å². The van der Waals surface area contributed by atoms with Crippen LogP contribution in [-0.2, 0) is 0 Å². The Morgan fingerprint density at radius 3 is 2.82 bits per heavy atom. The Hall–Kier alpha value is -1.82. The summed E-state index contributed by atoms with van der Waals surface area (Å²) in [4.78, 5) is 11.8. The van der Waals surface area contributed by atoms with E-state index in [2.05, 4.69) is 11.2 Å². The second kappa shape index (κ2) is 6.05. The Labute approximate surface area is 101 Å². The van der Waals surface area contributed by atoms with E-state index in [1.807, 2.05) is 6.92 Å². The first-order chi connectivity index (χ1) is 8.08. The summed E-state index contributed by atoms with van der Waals surface area (Å²) in [5.41, 5.74) is 0.848. The predicted octanol–water partition coefficient (Wildman–Crippen LogP) is 2.67. The fourth-order valence-electron chi connectivity index (χ4n) is 1.44. The van der Waals surface area contributed by atoms with Crippen molar-refractivity contribution in [3.63, 3.8) is 0 Å². The normalized spacial score (nSPS) is 11.6. The number of rotatable bonds is 4. The van der Waals surface area contributed by atoms with Crippen LogP contribution < -0.4 is 5.32 Å². The lowest BCUT2D eigenvalue weighted by Crippen LogP contribution is -2.34. The number of halogens is 1. The maximum absolute atomic E-state index is 13.3. The summed E-state index contributed by atoms with van der Waals surface area (Å²) in [6, 6.07) is 4.38. The molecule has 1 amide bonds. The zero-order chi connectivity index (χ0) is 12.8. The highest BCUT2D eigenvalue weighted by atomic mass is 19.1. The SMILES string of the molecule is C#CCC(CC)NC(=O)c1ccc(C)c(F)c1. The maximum Gasteiger partial charge on any atom is 0.251 e. The van der Waals surface area contributed by atoms with Gasteiger partial charge in [0, 0.05) is 18.0 Å². The number of benzene rings is 1. The van der Waals surface area contributed by atoms with Crippen LogP contribution in [0.1, 0.15) is 35.7 Å². The molecule has 0 aliphatic rings. The van der Waals surface area contributed by atoms with Gasteiger partial charge in [-0.2, -0.15) is 0 Å². The van der Waals surface area contributed by atoms with E-state index in [-0.39, 0.29) is 17.8 Å². The first-order valence-electron chi connectivity index (χ1n) is 5.59. The molecule has 0 saturated carbocycles. The number of hydrogen-bond donors (Lipinski definition) is 1. The molecule has 1 rings (SSSR count). The fourth-order valence-corrected chi connectivity index (χ4v) is 1.44. The van der Waals surface area contributed by atoms with Crippen LogP contribution in [0.2, 0.25) is 0 Å². The maximum atomic E-state index is 13.3. The largest absolute Gasteiger partial charge is 0.348 e. The zero-order valence-corrected chi connectivity index (χ0v) is 10.1. The Morgan fingerprint density at radius 1 is 1.59 bits per heavy atom. The zero-order valence-electron chi connectivity index (χ0n) is 10.1. The lowest BCUT2D eigenvalue weighted by molar-refractivity contribution is 0.0936. The third-order valence-electron chi connectivity index (χ3n) is 2.63. The molecule has 1 aromatic carbocycles. The van der Waals surface area contributed by atoms with Crippen molar-refractivity contribution in [1.29, 1.82) is 0 Å². The topological polar surface area (TPSA) is 29.1 Å². The number of nitrogens with one attached hydrogen (secondary N) is 1. The predicted molar refractivity (Wildman–Crippen MR) is 66.1 cm³/mol. The highest BCUT2D eigenvalue weighted by molar-refractivity contribution is 5.94. The molecule has 90 valence electrons. The van der Waals surface area contributed by atoms with Crippen LogP contribution in [0.25, 0.3) is 0 Å². The average Bonchev–Trinajstić information content (AvgIpc) is 2.31. The number of carbonyl (C=O) groups is 1. The van der Waals surface area contributed by atoms with Crippen molar-refractivity contribution in [2.45, 2.75) is 32.7 Å². The Morgan fingerprint density at radius 2 is 2.29 bits per heavy atom. The Kier molecular flexibility index (Phi) is 4.71. The van der Waals surface area contributed by atoms with Gasteiger partial charge in [0.1, 0.15) is 5.82 Å². The van der Waals surface area contributed by atoms with Crippen LogP contribution in [-0.4, -0.2) is 11.9 Å². The van der Waals surface area contributed by atoms with Crippen molar-refractivity contribution in [3.05, 3.63) is 35.1 Å². The van der Waals surface area contributed by atoms with E-state index in [1.165, 1.54) is 6.07 Å². The van der Waals surface area contributed by atoms with Gasteiger partial charge in [0.25, 0.3) is 5.91 Å². The highest BCUT2D eigenvalue weighted by Gasteiger charge is 2.12. The minimum Gasteiger partial charge on any atom is -0.348 e. The summed E-state index contributed by atoms with van der Waals surface area (Å²) in [7, 11) is 0. The first-order valence-corrected chi connectivity index (χ1v) is 5.59. The van der Waals surface area contributed by atoms with Crippen LogP contribution in [0.4, 0.5) is 4.39 Å². The van der Waals surface area contributed by atoms with Crippen molar-refractivity contribution >= 4 is 5.91 Å². The van der Waals surface area contributed by atoms with Gasteiger partial charge in [-0.3, -0.25) is 4.79 Å². The quantitative estimate of drug-likeness (QED) is 0.796. The molecule has 0 spiro atoms. The average molecular weight is 233 g/mol. The summed E-state index contributed by atoms with van der Waals surface area (Å²) in [5, 5.41) is 2.78. The van der Waals surface area contributed by atoms with E-state index >= 15 is 0 Å². The smallest absolute Gasteiger partial charge is 0.251 e. The minimum absolute atomic E-state index is 0.0585. The number of amides is 1. The molecule has 0 radical (unpaired) electrons. The van der Waals surface area contributed by atoms with Gasteiger partial charge in [0.2, 0.25) is 0 Å². The standard InChI is InChI=1S/C14H16FNO/c1-4-6-12(5-2)16-14(17)11-8-7-10(3)13(15)9-11/h1,7-9,12H,5-6H2,2-3H3,(H,16,17). The number of hydrogen-bond acceptors (Lipinski definition) is 1. The molecule has 0 fully saturated rings. The second-order valence-corrected chi connectivity index (χ2v) is 3.95. The lowest BCUT2D eigenvalue weighted by atomic mass is 10.1. The first kappa shape index (κ1) is 13.2. The van der Waals surface area contributed by atoms with Gasteiger partial charge in [-0.25, -0.2) is 4.39 Å². The van der Waals surface area contributed by atoms with Crippen LogP contribution in [0.5, 0.6) is 0 Å². The molecular weight excluding hydrogens is 217 g/mol. The number of carbonyl (C=O) groups excluding carboxylic acids is 1. The van der Waals surface area contributed by atoms with E-state index < -0.39 is 0 Å². The molecule has 0 aliphatic heterocycles. The van der Waals surface area contributed by atoms with Gasteiger partial charge in [-0.15, -0.1) is 12.3 Å². The monoisotopic (exact) mass is 233 g/mol. The van der Waals surface area contributed by atoms with E-state index in [1.54, 1.807) is 19.1 Å². The molecule has 1 atom stereocenters. The van der Waals surface area contributed by atoms with Gasteiger partial charge >= 0.3 is 0 Å². The highest BCUT2D eigenvalue weighted by Crippen LogP contribution is 2.09. The van der Waals surface area contributed by atoms with E-state index in [9.17, 15) is 9.18 Å². The molecule has 0 saturated heterocycles. The number of terminal acetylenes is 1.